The smallest absolute Gasteiger partial charge is 0.0647 e. The second-order valence-corrected chi connectivity index (χ2v) is 6.06. The Balaban J connectivity index is 2.47. The van der Waals surface area contributed by atoms with Crippen molar-refractivity contribution in [2.45, 2.75) is 32.5 Å². The van der Waals surface area contributed by atoms with Crippen LogP contribution in [-0.2, 0) is 0 Å². The largest absolute Gasteiger partial charge is 0.0786 e. The highest BCUT2D eigenvalue weighted by molar-refractivity contribution is 9.09. The molecule has 1 atom stereocenters. The van der Waals surface area contributed by atoms with Crippen LogP contribution in [0.3, 0.4) is 0 Å². The second-order valence-electron chi connectivity index (χ2n) is 5.14. The van der Waals surface area contributed by atoms with Gasteiger partial charge >= 0.3 is 0 Å². The lowest BCUT2D eigenvalue weighted by Gasteiger charge is -2.16. The second kappa shape index (κ2) is 5.27. The van der Waals surface area contributed by atoms with Crippen LogP contribution >= 0.6 is 15.9 Å². The van der Waals surface area contributed by atoms with Crippen LogP contribution < -0.4 is 0 Å². The molecule has 2 rings (SSSR count). The fraction of sp³-hybridized carbons (Fsp3) is 0.294. The fourth-order valence-corrected chi connectivity index (χ4v) is 3.13. The highest BCUT2D eigenvalue weighted by Gasteiger charge is 2.13. The van der Waals surface area contributed by atoms with Crippen molar-refractivity contribution in [3.63, 3.8) is 0 Å². The van der Waals surface area contributed by atoms with Crippen molar-refractivity contribution in [2.24, 2.45) is 0 Å². The molecule has 0 saturated heterocycles. The Kier molecular flexibility index (Phi) is 3.91. The van der Waals surface area contributed by atoms with Gasteiger partial charge in [-0.05, 0) is 44.4 Å². The van der Waals surface area contributed by atoms with Crippen LogP contribution in [0.25, 0.3) is 0 Å². The first-order chi connectivity index (χ1) is 8.47. The highest BCUT2D eigenvalue weighted by Crippen LogP contribution is 2.34. The lowest BCUT2D eigenvalue weighted by molar-refractivity contribution is 1.12. The number of hydrogen-bond donors (Lipinski definition) is 0. The van der Waals surface area contributed by atoms with Crippen molar-refractivity contribution >= 4 is 15.9 Å². The molecular weight excluding hydrogens is 284 g/mol. The summed E-state index contributed by atoms with van der Waals surface area (Å²) in [6.45, 7) is 8.62. The molecule has 0 aliphatic heterocycles. The van der Waals surface area contributed by atoms with Crippen molar-refractivity contribution in [3.8, 4) is 0 Å². The minimum Gasteiger partial charge on any atom is -0.0786 e. The van der Waals surface area contributed by atoms with Gasteiger partial charge in [0, 0.05) is 0 Å². The average molecular weight is 303 g/mol. The van der Waals surface area contributed by atoms with E-state index in [0.717, 1.165) is 0 Å². The van der Waals surface area contributed by atoms with E-state index in [1.807, 2.05) is 0 Å². The molecule has 0 fully saturated rings. The third-order valence-corrected chi connectivity index (χ3v) is 4.27. The zero-order valence-corrected chi connectivity index (χ0v) is 13.0. The molecule has 94 valence electrons. The van der Waals surface area contributed by atoms with Gasteiger partial charge in [0.15, 0.2) is 0 Å². The first-order valence-corrected chi connectivity index (χ1v) is 7.18. The van der Waals surface area contributed by atoms with Crippen molar-refractivity contribution < 1.29 is 0 Å². The van der Waals surface area contributed by atoms with Gasteiger partial charge in [0.05, 0.1) is 4.83 Å². The Morgan fingerprint density at radius 3 is 2.00 bits per heavy atom. The van der Waals surface area contributed by atoms with Crippen LogP contribution in [0.1, 0.15) is 38.2 Å². The minimum absolute atomic E-state index is 0.274. The van der Waals surface area contributed by atoms with E-state index in [-0.39, 0.29) is 4.83 Å². The Bertz CT molecular complexity index is 550. The van der Waals surface area contributed by atoms with E-state index in [4.69, 9.17) is 0 Å². The predicted molar refractivity (Wildman–Crippen MR) is 82.6 cm³/mol. The maximum absolute atomic E-state index is 3.85. The molecule has 0 amide bonds. The Hall–Kier alpha value is -1.08. The minimum atomic E-state index is 0.274. The van der Waals surface area contributed by atoms with Crippen LogP contribution in [0, 0.1) is 27.7 Å². The number of rotatable bonds is 2. The number of halogens is 1. The average Bonchev–Trinajstić information content (AvgIpc) is 2.30. The van der Waals surface area contributed by atoms with E-state index >= 15 is 0 Å². The third kappa shape index (κ3) is 2.84. The van der Waals surface area contributed by atoms with E-state index in [2.05, 4.69) is 80.0 Å². The lowest BCUT2D eigenvalue weighted by atomic mass is 9.96. The van der Waals surface area contributed by atoms with Crippen molar-refractivity contribution in [2.75, 3.05) is 0 Å². The quantitative estimate of drug-likeness (QED) is 0.651. The lowest BCUT2D eigenvalue weighted by Crippen LogP contribution is -1.97. The molecule has 0 aliphatic carbocycles. The molecule has 0 heterocycles. The van der Waals surface area contributed by atoms with Gasteiger partial charge in [-0.15, -0.1) is 0 Å². The fourth-order valence-electron chi connectivity index (χ4n) is 2.37. The van der Waals surface area contributed by atoms with Crippen LogP contribution in [0.2, 0.25) is 0 Å². The van der Waals surface area contributed by atoms with Crippen molar-refractivity contribution in [1.82, 2.24) is 0 Å². The molecular formula is C17H19Br. The van der Waals surface area contributed by atoms with Gasteiger partial charge in [-0.2, -0.15) is 0 Å². The maximum Gasteiger partial charge on any atom is 0.0647 e. The Labute approximate surface area is 118 Å². The summed E-state index contributed by atoms with van der Waals surface area (Å²) in [6.07, 6.45) is 0. The molecule has 0 aromatic heterocycles. The predicted octanol–water partition coefficient (Wildman–Crippen LogP) is 5.40. The SMILES string of the molecule is Cc1cc(C)cc(C(Br)c2cc(C)ccc2C)c1. The summed E-state index contributed by atoms with van der Waals surface area (Å²) >= 11 is 3.85. The summed E-state index contributed by atoms with van der Waals surface area (Å²) in [7, 11) is 0. The van der Waals surface area contributed by atoms with Crippen molar-refractivity contribution in [1.29, 1.82) is 0 Å². The van der Waals surface area contributed by atoms with Gasteiger partial charge in [-0.1, -0.05) is 69.0 Å². The van der Waals surface area contributed by atoms with Crippen LogP contribution in [0.5, 0.6) is 0 Å². The molecule has 1 unspecified atom stereocenters. The van der Waals surface area contributed by atoms with Gasteiger partial charge in [0.1, 0.15) is 0 Å². The zero-order valence-electron chi connectivity index (χ0n) is 11.4. The Morgan fingerprint density at radius 2 is 1.39 bits per heavy atom. The molecule has 0 nitrogen and oxygen atoms in total. The molecule has 0 radical (unpaired) electrons. The van der Waals surface area contributed by atoms with E-state index in [1.54, 1.807) is 0 Å². The van der Waals surface area contributed by atoms with Gasteiger partial charge < -0.3 is 0 Å². The van der Waals surface area contributed by atoms with E-state index < -0.39 is 0 Å². The van der Waals surface area contributed by atoms with Crippen LogP contribution in [-0.4, -0.2) is 0 Å². The van der Waals surface area contributed by atoms with E-state index in [9.17, 15) is 0 Å². The molecule has 0 aliphatic rings. The topological polar surface area (TPSA) is 0 Å². The molecule has 0 saturated carbocycles. The molecule has 0 N–H and O–H groups in total. The molecule has 2 aromatic carbocycles. The Morgan fingerprint density at radius 1 is 0.778 bits per heavy atom. The summed E-state index contributed by atoms with van der Waals surface area (Å²) in [4.78, 5) is 0.274. The monoisotopic (exact) mass is 302 g/mol. The molecule has 1 heteroatoms. The van der Waals surface area contributed by atoms with Gasteiger partial charge in [0.2, 0.25) is 0 Å². The molecule has 18 heavy (non-hydrogen) atoms. The van der Waals surface area contributed by atoms with Gasteiger partial charge in [-0.3, -0.25) is 0 Å². The maximum atomic E-state index is 3.85. The summed E-state index contributed by atoms with van der Waals surface area (Å²) in [5, 5.41) is 0. The molecule has 2 aromatic rings. The van der Waals surface area contributed by atoms with E-state index in [0.29, 0.717) is 0 Å². The number of aryl methyl sites for hydroxylation is 4. The molecule has 0 spiro atoms. The number of benzene rings is 2. The first-order valence-electron chi connectivity index (χ1n) is 6.27. The highest BCUT2D eigenvalue weighted by atomic mass is 79.9. The van der Waals surface area contributed by atoms with Crippen LogP contribution in [0.4, 0.5) is 0 Å². The summed E-state index contributed by atoms with van der Waals surface area (Å²) in [5.74, 6) is 0. The van der Waals surface area contributed by atoms with E-state index in [1.165, 1.54) is 33.4 Å². The zero-order chi connectivity index (χ0) is 13.3. The molecule has 0 bridgehead atoms. The standard InChI is InChI=1S/C17H19Br/c1-11-5-6-14(4)16(10-11)17(18)15-8-12(2)7-13(3)9-15/h5-10,17H,1-4H3. The first kappa shape index (κ1) is 13.4. The summed E-state index contributed by atoms with van der Waals surface area (Å²) in [6, 6.07) is 13.4. The van der Waals surface area contributed by atoms with Gasteiger partial charge in [-0.25, -0.2) is 0 Å². The van der Waals surface area contributed by atoms with Crippen molar-refractivity contribution in [3.05, 3.63) is 69.8 Å². The summed E-state index contributed by atoms with van der Waals surface area (Å²) < 4.78 is 0. The normalized spacial score (nSPS) is 12.5. The van der Waals surface area contributed by atoms with Crippen LogP contribution in [0.15, 0.2) is 36.4 Å². The number of alkyl halides is 1. The van der Waals surface area contributed by atoms with Gasteiger partial charge in [0.25, 0.3) is 0 Å². The summed E-state index contributed by atoms with van der Waals surface area (Å²) in [5.41, 5.74) is 7.98. The third-order valence-electron chi connectivity index (χ3n) is 3.24. The number of hydrogen-bond acceptors (Lipinski definition) is 0.